The lowest BCUT2D eigenvalue weighted by atomic mass is 9.81. The highest BCUT2D eigenvalue weighted by Gasteiger charge is 2.78. The Labute approximate surface area is 328 Å². The number of anilines is 1. The largest absolute Gasteiger partial charge is 0.495 e. The molecule has 3 aliphatic rings. The summed E-state index contributed by atoms with van der Waals surface area (Å²) in [6.45, 7) is 6.43. The summed E-state index contributed by atoms with van der Waals surface area (Å²) in [7, 11) is 8.86. The van der Waals surface area contributed by atoms with Gasteiger partial charge in [-0.25, -0.2) is 14.8 Å². The van der Waals surface area contributed by atoms with Crippen molar-refractivity contribution in [3.05, 3.63) is 46.5 Å². The van der Waals surface area contributed by atoms with Crippen LogP contribution in [0.1, 0.15) is 52.5 Å². The van der Waals surface area contributed by atoms with E-state index in [9.17, 15) is 29.5 Å². The summed E-state index contributed by atoms with van der Waals surface area (Å²) in [5, 5.41) is 24.9. The van der Waals surface area contributed by atoms with Gasteiger partial charge in [0.1, 0.15) is 35.1 Å². The molecule has 54 heavy (non-hydrogen) atoms. The van der Waals surface area contributed by atoms with Crippen molar-refractivity contribution in [1.29, 1.82) is 0 Å². The maximum atomic E-state index is 14.2. The smallest absolute Gasteiger partial charge is 0.409 e. The number of carbonyl (C=O) groups excluding carboxylic acids is 4. The lowest BCUT2D eigenvalue weighted by Crippen LogP contribution is -2.64. The number of amides is 3. The number of esters is 1. The quantitative estimate of drug-likeness (QED) is 0.0735. The summed E-state index contributed by atoms with van der Waals surface area (Å²) >= 11 is 6.74. The summed E-state index contributed by atoms with van der Waals surface area (Å²) in [6, 6.07) is 2.42. The first kappa shape index (κ1) is 43.7. The Hall–Kier alpha value is -3.03. The van der Waals surface area contributed by atoms with Crippen molar-refractivity contribution in [2.45, 2.75) is 94.8 Å². The first-order valence-corrected chi connectivity index (χ1v) is 20.4. The van der Waals surface area contributed by atoms with Crippen molar-refractivity contribution in [1.82, 2.24) is 10.2 Å². The van der Waals surface area contributed by atoms with E-state index in [1.165, 1.54) is 73.6 Å². The number of hydrogen-bond donors (Lipinski definition) is 3. The molecule has 0 spiro atoms. The average Bonchev–Trinajstić information content (AvgIpc) is 3.77. The Morgan fingerprint density at radius 3 is 2.59 bits per heavy atom. The number of halogens is 1. The zero-order valence-corrected chi connectivity index (χ0v) is 34.3. The number of nitrogens with one attached hydrogen (secondary N) is 1. The number of ether oxygens (including phenoxy) is 5. The van der Waals surface area contributed by atoms with E-state index in [4.69, 9.17) is 40.2 Å². The molecule has 3 heterocycles. The van der Waals surface area contributed by atoms with Crippen molar-refractivity contribution in [3.8, 4) is 5.75 Å². The number of aliphatic hydroxyl groups is 1. The van der Waals surface area contributed by atoms with Crippen molar-refractivity contribution < 1.29 is 58.1 Å². The van der Waals surface area contributed by atoms with E-state index in [0.29, 0.717) is 23.6 Å². The fraction of sp³-hybridized carbons (Fsp3) is 0.611. The summed E-state index contributed by atoms with van der Waals surface area (Å²) in [6.07, 6.45) is 2.24. The molecule has 2 fully saturated rings. The number of hydrogen-bond acceptors (Lipinski definition) is 14. The summed E-state index contributed by atoms with van der Waals surface area (Å²) in [4.78, 5) is 61.4. The van der Waals surface area contributed by atoms with Crippen LogP contribution in [0.3, 0.4) is 0 Å². The van der Waals surface area contributed by atoms with Gasteiger partial charge >= 0.3 is 12.1 Å². The number of alkyl carbamates (subject to hydrolysis) is 1. The molecular weight excluding hydrogens is 766 g/mol. The van der Waals surface area contributed by atoms with Crippen LogP contribution >= 0.6 is 33.2 Å². The third-order valence-corrected chi connectivity index (χ3v) is 12.6. The normalized spacial score (nSPS) is 30.7. The van der Waals surface area contributed by atoms with Crippen LogP contribution in [0.2, 0.25) is 5.02 Å². The van der Waals surface area contributed by atoms with E-state index in [0.717, 1.165) is 11.1 Å². The van der Waals surface area contributed by atoms with Gasteiger partial charge in [0.2, 0.25) is 17.6 Å². The van der Waals surface area contributed by atoms with Crippen LogP contribution in [0, 0.1) is 5.92 Å². The highest BCUT2D eigenvalue weighted by molar-refractivity contribution is 8.76. The minimum absolute atomic E-state index is 0.166. The van der Waals surface area contributed by atoms with Gasteiger partial charge in [0.05, 0.1) is 25.1 Å². The standard InChI is InChI=1S/C36H50ClN3O12S2/c1-20-11-10-12-27(48-8)35(45)19-26(49-33(44)38-35)21(2)36(52-46)34(4,51-36)28(50-32(43)22(3)39(5)29(41)13-14-54-53-9)18-30(42)40(6)24-16-23(15-20)17-25(47-7)31(24)37/h10-12,16-17,21-22,26-28,45-46H,13-15,18-19H2,1-9H3,(H,38,44)/t21-,22+,26+,27-,28+,34+,35+,36+/m1/s1. The van der Waals surface area contributed by atoms with Crippen LogP contribution in [-0.2, 0) is 44.6 Å². The molecular formula is C36H50ClN3O12S2. The number of epoxide rings is 1. The zero-order valence-electron chi connectivity index (χ0n) is 31.9. The first-order valence-electron chi connectivity index (χ1n) is 17.3. The zero-order chi connectivity index (χ0) is 40.2. The van der Waals surface area contributed by atoms with Crippen LogP contribution in [-0.4, -0.2) is 121 Å². The van der Waals surface area contributed by atoms with Crippen LogP contribution in [0.25, 0.3) is 0 Å². The second kappa shape index (κ2) is 17.8. The molecule has 4 bridgehead atoms. The molecule has 300 valence electrons. The number of fused-ring (bicyclic) bond motifs is 5. The van der Waals surface area contributed by atoms with Crippen molar-refractivity contribution in [2.24, 2.45) is 5.92 Å². The number of carbonyl (C=O) groups is 4. The third-order valence-electron chi connectivity index (χ3n) is 10.4. The SMILES string of the molecule is COc1cc2cc(c1Cl)N(C)C(=O)C[C@H](OC(=O)[C@H](C)N(C)C(=O)CCSSC)[C@]1(C)O[C@]1(OO)[C@H](C)[C@@H]1C[C@@](O)(NC(=O)O1)[C@H](OC)C=CC=C(C)C2. The summed E-state index contributed by atoms with van der Waals surface area (Å²) < 4.78 is 28.9. The second-order valence-corrected chi connectivity index (χ2v) is 16.9. The highest BCUT2D eigenvalue weighted by Crippen LogP contribution is 2.58. The molecule has 3 aliphatic heterocycles. The molecule has 0 unspecified atom stereocenters. The van der Waals surface area contributed by atoms with Gasteiger partial charge in [-0.1, -0.05) is 63.9 Å². The molecule has 4 rings (SSSR count). The Morgan fingerprint density at radius 1 is 1.26 bits per heavy atom. The van der Waals surface area contributed by atoms with Crippen molar-refractivity contribution in [3.63, 3.8) is 0 Å². The fourth-order valence-corrected chi connectivity index (χ4v) is 8.31. The molecule has 0 aromatic heterocycles. The average molecular weight is 816 g/mol. The molecule has 3 N–H and O–H groups in total. The molecule has 0 radical (unpaired) electrons. The number of rotatable bonds is 10. The van der Waals surface area contributed by atoms with Gasteiger partial charge in [0.25, 0.3) is 0 Å². The Kier molecular flexibility index (Phi) is 14.4. The van der Waals surface area contributed by atoms with Crippen molar-refractivity contribution >= 4 is 62.8 Å². The molecule has 18 heteroatoms. The molecule has 8 atom stereocenters. The van der Waals surface area contributed by atoms with Gasteiger partial charge in [-0.15, -0.1) is 0 Å². The monoisotopic (exact) mass is 815 g/mol. The van der Waals surface area contributed by atoms with Crippen molar-refractivity contribution in [2.75, 3.05) is 45.2 Å². The molecule has 15 nitrogen and oxygen atoms in total. The van der Waals surface area contributed by atoms with Gasteiger partial charge in [-0.05, 0) is 51.1 Å². The molecule has 0 aliphatic carbocycles. The van der Waals surface area contributed by atoms with Gasteiger partial charge in [-0.2, -0.15) is 4.89 Å². The second-order valence-electron chi connectivity index (χ2n) is 13.8. The molecule has 0 saturated carbocycles. The van der Waals surface area contributed by atoms with E-state index in [1.54, 1.807) is 31.2 Å². The number of likely N-dealkylation sites (N-methyl/N-ethyl adjacent to an activating group) is 1. The lowest BCUT2D eigenvalue weighted by Gasteiger charge is -2.43. The predicted molar refractivity (Wildman–Crippen MR) is 204 cm³/mol. The topological polar surface area (TPSA) is 186 Å². The predicted octanol–water partition coefficient (Wildman–Crippen LogP) is 4.73. The first-order chi connectivity index (χ1) is 25.4. The third kappa shape index (κ3) is 8.99. The molecule has 1 aromatic carbocycles. The maximum absolute atomic E-state index is 14.2. The van der Waals surface area contributed by atoms with E-state index in [2.05, 4.69) is 5.32 Å². The van der Waals surface area contributed by atoms with Crippen LogP contribution < -0.4 is 15.0 Å². The number of allylic oxidation sites excluding steroid dienone is 3. The number of nitrogens with zero attached hydrogens (tertiary/aromatic N) is 2. The molecule has 2 saturated heterocycles. The highest BCUT2D eigenvalue weighted by atomic mass is 35.5. The van der Waals surface area contributed by atoms with Crippen LogP contribution in [0.15, 0.2) is 35.9 Å². The van der Waals surface area contributed by atoms with Gasteiger partial charge in [-0.3, -0.25) is 14.9 Å². The van der Waals surface area contributed by atoms with E-state index in [-0.39, 0.29) is 23.8 Å². The Balaban J connectivity index is 1.81. The van der Waals surface area contributed by atoms with Crippen LogP contribution in [0.5, 0.6) is 5.75 Å². The summed E-state index contributed by atoms with van der Waals surface area (Å²) in [5.74, 6) is -3.88. The fourth-order valence-electron chi connectivity index (χ4n) is 6.82. The number of benzene rings is 1. The minimum Gasteiger partial charge on any atom is -0.495 e. The van der Waals surface area contributed by atoms with Crippen LogP contribution in [0.4, 0.5) is 10.5 Å². The van der Waals surface area contributed by atoms with E-state index >= 15 is 0 Å². The van der Waals surface area contributed by atoms with Gasteiger partial charge in [0.15, 0.2) is 11.3 Å². The van der Waals surface area contributed by atoms with Gasteiger partial charge in [0, 0.05) is 39.8 Å². The number of methoxy groups -OCH3 is 2. The summed E-state index contributed by atoms with van der Waals surface area (Å²) in [5.41, 5.74) is -1.74. The minimum atomic E-state index is -2.01. The van der Waals surface area contributed by atoms with E-state index < -0.39 is 71.8 Å². The maximum Gasteiger partial charge on any atom is 0.409 e. The molecule has 1 aromatic rings. The lowest BCUT2D eigenvalue weighted by molar-refractivity contribution is -0.340. The van der Waals surface area contributed by atoms with Gasteiger partial charge < -0.3 is 38.6 Å². The van der Waals surface area contributed by atoms with E-state index in [1.807, 2.05) is 19.3 Å². The Bertz CT molecular complexity index is 1650. The Morgan fingerprint density at radius 2 is 1.96 bits per heavy atom. The molecule has 3 amide bonds.